The first kappa shape index (κ1) is 10.8. The zero-order valence-corrected chi connectivity index (χ0v) is 7.15. The molecule has 1 aromatic carbocycles. The molecule has 1 rings (SSSR count). The summed E-state index contributed by atoms with van der Waals surface area (Å²) in [6.07, 6.45) is -2.27. The standard InChI is InChI=1S/C8H7F4NO/c1-14-7-4(9)2-3(8(12)13)5(10)6(7)11/h2,8H,13H2,1H3. The number of alkyl halides is 1. The number of hydrogen-bond donors (Lipinski definition) is 1. The highest BCUT2D eigenvalue weighted by Crippen LogP contribution is 2.29. The lowest BCUT2D eigenvalue weighted by Gasteiger charge is -2.09. The lowest BCUT2D eigenvalue weighted by atomic mass is 10.1. The first-order valence-corrected chi connectivity index (χ1v) is 3.60. The summed E-state index contributed by atoms with van der Waals surface area (Å²) in [5.41, 5.74) is 3.79. The van der Waals surface area contributed by atoms with Crippen LogP contribution in [-0.2, 0) is 0 Å². The molecule has 1 aromatic rings. The Bertz CT molecular complexity index is 354. The first-order chi connectivity index (χ1) is 6.49. The van der Waals surface area contributed by atoms with Gasteiger partial charge in [-0.15, -0.1) is 0 Å². The number of benzene rings is 1. The van der Waals surface area contributed by atoms with Gasteiger partial charge in [0.1, 0.15) is 0 Å². The Morgan fingerprint density at radius 2 is 1.86 bits per heavy atom. The van der Waals surface area contributed by atoms with Crippen LogP contribution in [0, 0.1) is 17.5 Å². The van der Waals surface area contributed by atoms with Crippen LogP contribution in [0.1, 0.15) is 11.9 Å². The van der Waals surface area contributed by atoms with Gasteiger partial charge in [0, 0.05) is 5.56 Å². The van der Waals surface area contributed by atoms with E-state index in [2.05, 4.69) is 10.5 Å². The van der Waals surface area contributed by atoms with Crippen LogP contribution in [-0.4, -0.2) is 7.11 Å². The van der Waals surface area contributed by atoms with E-state index in [1.54, 1.807) is 0 Å². The Labute approximate surface area is 77.3 Å². The van der Waals surface area contributed by atoms with Gasteiger partial charge >= 0.3 is 0 Å². The zero-order valence-electron chi connectivity index (χ0n) is 7.15. The zero-order chi connectivity index (χ0) is 10.9. The molecule has 78 valence electrons. The Balaban J connectivity index is 3.40. The Hall–Kier alpha value is -1.30. The number of methoxy groups -OCH3 is 1. The summed E-state index contributed by atoms with van der Waals surface area (Å²) >= 11 is 0. The van der Waals surface area contributed by atoms with Crippen LogP contribution in [0.2, 0.25) is 0 Å². The fourth-order valence-corrected chi connectivity index (χ4v) is 0.984. The Kier molecular flexibility index (Phi) is 2.95. The number of ether oxygens (including phenoxy) is 1. The lowest BCUT2D eigenvalue weighted by Crippen LogP contribution is -2.09. The summed E-state index contributed by atoms with van der Waals surface area (Å²) in [5, 5.41) is 0. The van der Waals surface area contributed by atoms with Crippen molar-refractivity contribution in [2.45, 2.75) is 6.30 Å². The third-order valence-electron chi connectivity index (χ3n) is 1.65. The van der Waals surface area contributed by atoms with E-state index in [0.717, 1.165) is 7.11 Å². The van der Waals surface area contributed by atoms with Crippen molar-refractivity contribution in [2.75, 3.05) is 7.11 Å². The van der Waals surface area contributed by atoms with Crippen LogP contribution in [0.25, 0.3) is 0 Å². The molecule has 2 N–H and O–H groups in total. The van der Waals surface area contributed by atoms with Crippen molar-refractivity contribution in [1.29, 1.82) is 0 Å². The van der Waals surface area contributed by atoms with Gasteiger partial charge in [0.15, 0.2) is 23.7 Å². The van der Waals surface area contributed by atoms with Gasteiger partial charge in [-0.05, 0) is 6.07 Å². The number of rotatable bonds is 2. The van der Waals surface area contributed by atoms with Crippen LogP contribution < -0.4 is 10.5 Å². The molecule has 0 heterocycles. The van der Waals surface area contributed by atoms with E-state index in [0.29, 0.717) is 6.07 Å². The minimum absolute atomic E-state index is 0.460. The van der Waals surface area contributed by atoms with Crippen LogP contribution in [0.3, 0.4) is 0 Å². The smallest absolute Gasteiger partial charge is 0.204 e. The van der Waals surface area contributed by atoms with Crippen LogP contribution in [0.15, 0.2) is 6.07 Å². The molecule has 0 radical (unpaired) electrons. The van der Waals surface area contributed by atoms with Crippen molar-refractivity contribution in [3.63, 3.8) is 0 Å². The highest BCUT2D eigenvalue weighted by atomic mass is 19.2. The molecule has 14 heavy (non-hydrogen) atoms. The maximum Gasteiger partial charge on any atom is 0.204 e. The van der Waals surface area contributed by atoms with Gasteiger partial charge in [-0.25, -0.2) is 13.2 Å². The SMILES string of the molecule is COc1c(F)cc(C(N)F)c(F)c1F. The molecule has 0 amide bonds. The molecule has 6 heteroatoms. The first-order valence-electron chi connectivity index (χ1n) is 3.60. The molecule has 0 spiro atoms. The second-order valence-electron chi connectivity index (χ2n) is 2.51. The molecular weight excluding hydrogens is 202 g/mol. The Morgan fingerprint density at radius 3 is 2.29 bits per heavy atom. The molecule has 0 saturated heterocycles. The molecule has 0 fully saturated rings. The van der Waals surface area contributed by atoms with E-state index < -0.39 is 35.1 Å². The molecule has 1 unspecified atom stereocenters. The van der Waals surface area contributed by atoms with E-state index >= 15 is 0 Å². The van der Waals surface area contributed by atoms with E-state index in [-0.39, 0.29) is 0 Å². The Morgan fingerprint density at radius 1 is 1.29 bits per heavy atom. The maximum absolute atomic E-state index is 12.9. The molecule has 2 nitrogen and oxygen atoms in total. The van der Waals surface area contributed by atoms with Crippen LogP contribution in [0.4, 0.5) is 17.6 Å². The summed E-state index contributed by atoms with van der Waals surface area (Å²) in [6.45, 7) is 0. The summed E-state index contributed by atoms with van der Waals surface area (Å²) in [5.74, 6) is -5.23. The number of halogens is 4. The molecule has 0 aliphatic heterocycles. The fourth-order valence-electron chi connectivity index (χ4n) is 0.984. The second-order valence-corrected chi connectivity index (χ2v) is 2.51. The largest absolute Gasteiger partial charge is 0.491 e. The second kappa shape index (κ2) is 3.83. The van der Waals surface area contributed by atoms with Crippen molar-refractivity contribution in [2.24, 2.45) is 5.73 Å². The average molecular weight is 209 g/mol. The van der Waals surface area contributed by atoms with Crippen LogP contribution in [0.5, 0.6) is 5.75 Å². The van der Waals surface area contributed by atoms with Crippen molar-refractivity contribution in [1.82, 2.24) is 0 Å². The van der Waals surface area contributed by atoms with E-state index in [1.165, 1.54) is 0 Å². The summed E-state index contributed by atoms with van der Waals surface area (Å²) in [6, 6.07) is 0.460. The van der Waals surface area contributed by atoms with E-state index in [4.69, 9.17) is 0 Å². The van der Waals surface area contributed by atoms with Gasteiger partial charge < -0.3 is 4.74 Å². The van der Waals surface area contributed by atoms with E-state index in [1.807, 2.05) is 0 Å². The normalized spacial score (nSPS) is 12.7. The topological polar surface area (TPSA) is 35.2 Å². The van der Waals surface area contributed by atoms with Gasteiger partial charge in [-0.2, -0.15) is 4.39 Å². The molecule has 0 bridgehead atoms. The minimum Gasteiger partial charge on any atom is -0.491 e. The third-order valence-corrected chi connectivity index (χ3v) is 1.65. The van der Waals surface area contributed by atoms with Gasteiger partial charge in [0.2, 0.25) is 5.82 Å². The monoisotopic (exact) mass is 209 g/mol. The molecule has 0 aromatic heterocycles. The number of hydrogen-bond acceptors (Lipinski definition) is 2. The van der Waals surface area contributed by atoms with Crippen molar-refractivity contribution < 1.29 is 22.3 Å². The molecular formula is C8H7F4NO. The summed E-state index contributed by atoms with van der Waals surface area (Å²) in [4.78, 5) is 0. The third kappa shape index (κ3) is 1.65. The predicted molar refractivity (Wildman–Crippen MR) is 40.9 cm³/mol. The summed E-state index contributed by atoms with van der Waals surface area (Å²) in [7, 11) is 0.968. The molecule has 0 aliphatic carbocycles. The van der Waals surface area contributed by atoms with Gasteiger partial charge in [0.25, 0.3) is 0 Å². The van der Waals surface area contributed by atoms with Crippen LogP contribution >= 0.6 is 0 Å². The molecule has 0 saturated carbocycles. The highest BCUT2D eigenvalue weighted by molar-refractivity contribution is 5.33. The lowest BCUT2D eigenvalue weighted by molar-refractivity contribution is 0.316. The van der Waals surface area contributed by atoms with Gasteiger partial charge in [-0.1, -0.05) is 0 Å². The van der Waals surface area contributed by atoms with E-state index in [9.17, 15) is 17.6 Å². The minimum atomic E-state index is -2.27. The summed E-state index contributed by atoms with van der Waals surface area (Å²) < 4.78 is 55.4. The predicted octanol–water partition coefficient (Wildman–Crippen LogP) is 2.04. The average Bonchev–Trinajstić information content (AvgIpc) is 2.12. The van der Waals surface area contributed by atoms with Crippen molar-refractivity contribution >= 4 is 0 Å². The number of nitrogens with two attached hydrogens (primary N) is 1. The highest BCUT2D eigenvalue weighted by Gasteiger charge is 2.22. The quantitative estimate of drug-likeness (QED) is 0.459. The van der Waals surface area contributed by atoms with Gasteiger partial charge in [-0.3, -0.25) is 5.73 Å². The van der Waals surface area contributed by atoms with Crippen molar-refractivity contribution in [3.05, 3.63) is 29.1 Å². The van der Waals surface area contributed by atoms with Crippen molar-refractivity contribution in [3.8, 4) is 5.75 Å². The molecule has 0 aliphatic rings. The molecule has 1 atom stereocenters. The maximum atomic E-state index is 12.9. The fraction of sp³-hybridized carbons (Fsp3) is 0.250. The van der Waals surface area contributed by atoms with Gasteiger partial charge in [0.05, 0.1) is 7.11 Å².